The molecule has 7 heteroatoms. The van der Waals surface area contributed by atoms with Crippen LogP contribution in [-0.4, -0.2) is 47.4 Å². The average Bonchev–Trinajstić information content (AvgIpc) is 2.83. The second kappa shape index (κ2) is 8.01. The minimum atomic E-state index is -1.42. The fourth-order valence-electron chi connectivity index (χ4n) is 3.23. The molecular weight excluding hydrogens is 352 g/mol. The molecule has 2 aromatic carbocycles. The van der Waals surface area contributed by atoms with Crippen LogP contribution in [0.3, 0.4) is 0 Å². The Morgan fingerprint density at radius 3 is 1.68 bits per heavy atom. The molecule has 2 aromatic rings. The van der Waals surface area contributed by atoms with Gasteiger partial charge in [0.25, 0.3) is 0 Å². The zero-order valence-electron chi connectivity index (χ0n) is 17.3. The Balaban J connectivity index is 1.58. The lowest BCUT2D eigenvalue weighted by Crippen LogP contribution is -2.41. The Morgan fingerprint density at radius 1 is 0.821 bits per heavy atom. The largest absolute Gasteiger partial charge is 0.494 e. The smallest absolute Gasteiger partial charge is 0.423 e. The number of nitrogens with zero attached hydrogens (tertiary/aromatic N) is 1. The van der Waals surface area contributed by atoms with Crippen molar-refractivity contribution in [2.75, 3.05) is 7.05 Å². The zero-order valence-corrected chi connectivity index (χ0v) is 17.3. The van der Waals surface area contributed by atoms with Gasteiger partial charge in [-0.1, -0.05) is 48.5 Å². The first-order chi connectivity index (χ1) is 13.1. The third-order valence-corrected chi connectivity index (χ3v) is 5.69. The minimum Gasteiger partial charge on any atom is -0.423 e. The molecule has 28 heavy (non-hydrogen) atoms. The van der Waals surface area contributed by atoms with Crippen molar-refractivity contribution >= 4 is 25.2 Å². The van der Waals surface area contributed by atoms with Crippen molar-refractivity contribution in [3.05, 3.63) is 59.7 Å². The summed E-state index contributed by atoms with van der Waals surface area (Å²) in [5, 5.41) is 18.4. The van der Waals surface area contributed by atoms with Gasteiger partial charge in [-0.3, -0.25) is 4.90 Å². The van der Waals surface area contributed by atoms with Crippen LogP contribution in [0.4, 0.5) is 0 Å². The van der Waals surface area contributed by atoms with E-state index in [9.17, 15) is 10.0 Å². The van der Waals surface area contributed by atoms with Gasteiger partial charge < -0.3 is 19.4 Å². The lowest BCUT2D eigenvalue weighted by Gasteiger charge is -2.32. The van der Waals surface area contributed by atoms with Gasteiger partial charge in [0, 0.05) is 13.1 Å². The quantitative estimate of drug-likeness (QED) is 0.739. The van der Waals surface area contributed by atoms with E-state index in [-0.39, 0.29) is 18.3 Å². The fraction of sp³-hybridized carbons (Fsp3) is 0.429. The van der Waals surface area contributed by atoms with Crippen LogP contribution in [0.15, 0.2) is 48.5 Å². The molecular formula is C21H29B2NO4. The molecule has 148 valence electrons. The normalized spacial score (nSPS) is 17.9. The first kappa shape index (κ1) is 21.1. The van der Waals surface area contributed by atoms with Gasteiger partial charge in [-0.15, -0.1) is 0 Å². The molecule has 2 N–H and O–H groups in total. The predicted molar refractivity (Wildman–Crippen MR) is 114 cm³/mol. The van der Waals surface area contributed by atoms with Crippen molar-refractivity contribution in [3.63, 3.8) is 0 Å². The maximum Gasteiger partial charge on any atom is 0.494 e. The SMILES string of the molecule is CN(Cc1ccc(B(O)O)cc1)Cc1ccc(B2OC(C)(C)C(C)(C)O2)cc1. The predicted octanol–water partition coefficient (Wildman–Crippen LogP) is 1.30. The highest BCUT2D eigenvalue weighted by molar-refractivity contribution is 6.62. The molecule has 1 saturated heterocycles. The summed E-state index contributed by atoms with van der Waals surface area (Å²) < 4.78 is 12.2. The van der Waals surface area contributed by atoms with Crippen LogP contribution < -0.4 is 10.9 Å². The first-order valence-corrected chi connectivity index (χ1v) is 9.65. The van der Waals surface area contributed by atoms with E-state index in [2.05, 4.69) is 63.9 Å². The Hall–Kier alpha value is -1.63. The lowest BCUT2D eigenvalue weighted by molar-refractivity contribution is 0.00578. The topological polar surface area (TPSA) is 62.2 Å². The van der Waals surface area contributed by atoms with Crippen LogP contribution in [0.1, 0.15) is 38.8 Å². The standard InChI is InChI=1S/C21H29B2NO4/c1-20(2)21(3,4)28-23(27-20)19-12-8-17(9-13-19)15-24(5)14-16-6-10-18(11-7-16)22(25)26/h6-13,25-26H,14-15H2,1-5H3. The number of rotatable bonds is 6. The monoisotopic (exact) mass is 381 g/mol. The molecule has 0 radical (unpaired) electrons. The van der Waals surface area contributed by atoms with Crippen molar-refractivity contribution in [1.82, 2.24) is 4.90 Å². The van der Waals surface area contributed by atoms with Gasteiger partial charge in [0.05, 0.1) is 11.2 Å². The molecule has 0 unspecified atom stereocenters. The van der Waals surface area contributed by atoms with Crippen molar-refractivity contribution in [2.45, 2.75) is 52.0 Å². The third kappa shape index (κ3) is 4.67. The minimum absolute atomic E-state index is 0.335. The molecule has 0 aliphatic carbocycles. The summed E-state index contributed by atoms with van der Waals surface area (Å²) in [6.45, 7) is 9.83. The van der Waals surface area contributed by atoms with Gasteiger partial charge >= 0.3 is 14.2 Å². The van der Waals surface area contributed by atoms with Gasteiger partial charge in [0.1, 0.15) is 0 Å². The highest BCUT2D eigenvalue weighted by Crippen LogP contribution is 2.36. The molecule has 0 saturated carbocycles. The van der Waals surface area contributed by atoms with Gasteiger partial charge in [-0.05, 0) is 56.8 Å². The maximum atomic E-state index is 9.18. The second-order valence-corrected chi connectivity index (χ2v) is 8.62. The average molecular weight is 381 g/mol. The Kier molecular flexibility index (Phi) is 6.03. The molecule has 0 atom stereocenters. The van der Waals surface area contributed by atoms with E-state index in [1.54, 1.807) is 12.1 Å². The van der Waals surface area contributed by atoms with Crippen molar-refractivity contribution in [2.24, 2.45) is 0 Å². The van der Waals surface area contributed by atoms with E-state index in [0.717, 1.165) is 24.1 Å². The van der Waals surface area contributed by atoms with E-state index in [4.69, 9.17) is 9.31 Å². The summed E-state index contributed by atoms with van der Waals surface area (Å²) >= 11 is 0. The molecule has 1 aliphatic rings. The zero-order chi connectivity index (χ0) is 20.5. The Bertz CT molecular complexity index is 775. The highest BCUT2D eigenvalue weighted by atomic mass is 16.7. The number of benzene rings is 2. The van der Waals surface area contributed by atoms with E-state index < -0.39 is 7.12 Å². The fourth-order valence-corrected chi connectivity index (χ4v) is 3.23. The van der Waals surface area contributed by atoms with Crippen LogP contribution in [0.5, 0.6) is 0 Å². The summed E-state index contributed by atoms with van der Waals surface area (Å²) in [6, 6.07) is 15.7. The number of hydrogen-bond donors (Lipinski definition) is 2. The van der Waals surface area contributed by atoms with Crippen molar-refractivity contribution in [1.29, 1.82) is 0 Å². The van der Waals surface area contributed by atoms with Crippen LogP contribution >= 0.6 is 0 Å². The summed E-state index contributed by atoms with van der Waals surface area (Å²) in [6.07, 6.45) is 0. The first-order valence-electron chi connectivity index (χ1n) is 9.65. The van der Waals surface area contributed by atoms with E-state index in [1.807, 2.05) is 12.1 Å². The summed E-state index contributed by atoms with van der Waals surface area (Å²) in [7, 11) is 0.308. The Labute approximate surface area is 168 Å². The summed E-state index contributed by atoms with van der Waals surface area (Å²) in [5.41, 5.74) is 3.20. The maximum absolute atomic E-state index is 9.18. The molecule has 1 heterocycles. The van der Waals surface area contributed by atoms with Crippen molar-refractivity contribution < 1.29 is 19.4 Å². The molecule has 3 rings (SSSR count). The van der Waals surface area contributed by atoms with Gasteiger partial charge in [-0.25, -0.2) is 0 Å². The van der Waals surface area contributed by atoms with Gasteiger partial charge in [-0.2, -0.15) is 0 Å². The van der Waals surface area contributed by atoms with Crippen LogP contribution in [0, 0.1) is 0 Å². The van der Waals surface area contributed by atoms with Crippen LogP contribution in [-0.2, 0) is 22.4 Å². The van der Waals surface area contributed by atoms with E-state index >= 15 is 0 Å². The molecule has 1 aliphatic heterocycles. The third-order valence-electron chi connectivity index (χ3n) is 5.69. The second-order valence-electron chi connectivity index (χ2n) is 8.62. The molecule has 1 fully saturated rings. The van der Waals surface area contributed by atoms with Crippen LogP contribution in [0.2, 0.25) is 0 Å². The van der Waals surface area contributed by atoms with E-state index in [0.29, 0.717) is 5.46 Å². The van der Waals surface area contributed by atoms with Crippen LogP contribution in [0.25, 0.3) is 0 Å². The Morgan fingerprint density at radius 2 is 1.25 bits per heavy atom. The molecule has 0 aromatic heterocycles. The summed E-state index contributed by atoms with van der Waals surface area (Å²) in [4.78, 5) is 2.22. The van der Waals surface area contributed by atoms with Gasteiger partial charge in [0.2, 0.25) is 0 Å². The highest BCUT2D eigenvalue weighted by Gasteiger charge is 2.51. The summed E-state index contributed by atoms with van der Waals surface area (Å²) in [5.74, 6) is 0. The van der Waals surface area contributed by atoms with E-state index in [1.165, 1.54) is 5.56 Å². The molecule has 0 bridgehead atoms. The lowest BCUT2D eigenvalue weighted by atomic mass is 9.79. The molecule has 0 amide bonds. The number of hydrogen-bond acceptors (Lipinski definition) is 5. The molecule has 5 nitrogen and oxygen atoms in total. The molecule has 0 spiro atoms. The van der Waals surface area contributed by atoms with Crippen molar-refractivity contribution in [3.8, 4) is 0 Å². The van der Waals surface area contributed by atoms with Gasteiger partial charge in [0.15, 0.2) is 0 Å².